The molecule has 3 aromatic rings. The van der Waals surface area contributed by atoms with Gasteiger partial charge in [0.25, 0.3) is 5.91 Å². The number of carbonyl (C=O) groups excluding carboxylic acids is 2. The SMILES string of the molecule is COC(=O)c1c(NC(=O)c2ccccc2Br)sc2ccccc12. The third-order valence-corrected chi connectivity index (χ3v) is 5.11. The highest BCUT2D eigenvalue weighted by molar-refractivity contribution is 9.10. The van der Waals surface area contributed by atoms with Crippen LogP contribution in [0.1, 0.15) is 20.7 Å². The maximum absolute atomic E-state index is 12.5. The molecule has 0 fully saturated rings. The number of halogens is 1. The van der Waals surface area contributed by atoms with Crippen molar-refractivity contribution < 1.29 is 14.3 Å². The Labute approximate surface area is 145 Å². The first-order valence-corrected chi connectivity index (χ1v) is 8.38. The van der Waals surface area contributed by atoms with Crippen LogP contribution in [0.15, 0.2) is 53.0 Å². The second-order valence-corrected chi connectivity index (χ2v) is 6.63. The first-order valence-electron chi connectivity index (χ1n) is 6.77. The minimum Gasteiger partial charge on any atom is -0.465 e. The van der Waals surface area contributed by atoms with Crippen LogP contribution in [0.25, 0.3) is 10.1 Å². The summed E-state index contributed by atoms with van der Waals surface area (Å²) in [4.78, 5) is 24.6. The van der Waals surface area contributed by atoms with E-state index in [0.717, 1.165) is 10.1 Å². The standard InChI is InChI=1S/C17H12BrNO3S/c1-22-17(21)14-11-7-3-5-9-13(11)23-16(14)19-15(20)10-6-2-4-8-12(10)18/h2-9H,1H3,(H,19,20). The van der Waals surface area contributed by atoms with Crippen molar-refractivity contribution in [3.63, 3.8) is 0 Å². The first-order chi connectivity index (χ1) is 11.1. The molecule has 1 N–H and O–H groups in total. The lowest BCUT2D eigenvalue weighted by atomic mass is 10.1. The topological polar surface area (TPSA) is 55.4 Å². The fourth-order valence-electron chi connectivity index (χ4n) is 2.25. The normalized spacial score (nSPS) is 10.5. The molecule has 23 heavy (non-hydrogen) atoms. The van der Waals surface area contributed by atoms with Crippen LogP contribution in [0.5, 0.6) is 0 Å². The summed E-state index contributed by atoms with van der Waals surface area (Å²) < 4.78 is 6.47. The highest BCUT2D eigenvalue weighted by atomic mass is 79.9. The van der Waals surface area contributed by atoms with Crippen LogP contribution >= 0.6 is 27.3 Å². The Morgan fingerprint density at radius 3 is 2.52 bits per heavy atom. The Morgan fingerprint density at radius 2 is 1.78 bits per heavy atom. The molecule has 0 saturated heterocycles. The number of thiophene rings is 1. The Morgan fingerprint density at radius 1 is 1.09 bits per heavy atom. The number of benzene rings is 2. The number of fused-ring (bicyclic) bond motifs is 1. The van der Waals surface area contributed by atoms with Crippen LogP contribution in [0.4, 0.5) is 5.00 Å². The number of amides is 1. The summed E-state index contributed by atoms with van der Waals surface area (Å²) >= 11 is 4.71. The fourth-order valence-corrected chi connectivity index (χ4v) is 3.80. The van der Waals surface area contributed by atoms with E-state index < -0.39 is 5.97 Å². The summed E-state index contributed by atoms with van der Waals surface area (Å²) in [7, 11) is 1.33. The van der Waals surface area contributed by atoms with E-state index in [1.807, 2.05) is 30.3 Å². The summed E-state index contributed by atoms with van der Waals surface area (Å²) in [5, 5.41) is 4.08. The lowest BCUT2D eigenvalue weighted by Gasteiger charge is -2.07. The average Bonchev–Trinajstić information content (AvgIpc) is 2.92. The molecule has 1 aromatic heterocycles. The van der Waals surface area contributed by atoms with Crippen LogP contribution in [0.3, 0.4) is 0 Å². The van der Waals surface area contributed by atoms with E-state index in [1.54, 1.807) is 18.2 Å². The predicted octanol–water partition coefficient (Wildman–Crippen LogP) is 4.70. The second kappa shape index (κ2) is 6.52. The summed E-state index contributed by atoms with van der Waals surface area (Å²) in [6.45, 7) is 0. The van der Waals surface area contributed by atoms with E-state index in [4.69, 9.17) is 4.74 Å². The fraction of sp³-hybridized carbons (Fsp3) is 0.0588. The third-order valence-electron chi connectivity index (χ3n) is 3.33. The van der Waals surface area contributed by atoms with Crippen LogP contribution in [-0.2, 0) is 4.74 Å². The van der Waals surface area contributed by atoms with E-state index in [1.165, 1.54) is 18.4 Å². The molecular formula is C17H12BrNO3S. The number of esters is 1. The van der Waals surface area contributed by atoms with Crippen LogP contribution < -0.4 is 5.32 Å². The van der Waals surface area contributed by atoms with Crippen LogP contribution in [-0.4, -0.2) is 19.0 Å². The minimum absolute atomic E-state index is 0.283. The van der Waals surface area contributed by atoms with Gasteiger partial charge in [-0.15, -0.1) is 11.3 Å². The number of carbonyl (C=O) groups is 2. The molecule has 1 amide bonds. The molecule has 0 spiro atoms. The zero-order valence-electron chi connectivity index (χ0n) is 12.1. The Kier molecular flexibility index (Phi) is 4.45. The molecule has 2 aromatic carbocycles. The van der Waals surface area contributed by atoms with E-state index in [-0.39, 0.29) is 5.91 Å². The number of rotatable bonds is 3. The molecule has 0 radical (unpaired) electrons. The largest absolute Gasteiger partial charge is 0.465 e. The monoisotopic (exact) mass is 389 g/mol. The zero-order chi connectivity index (χ0) is 16.4. The molecule has 0 bridgehead atoms. The molecule has 0 aliphatic heterocycles. The predicted molar refractivity (Wildman–Crippen MR) is 95.3 cm³/mol. The minimum atomic E-state index is -0.468. The van der Waals surface area contributed by atoms with Crippen LogP contribution in [0.2, 0.25) is 0 Å². The maximum Gasteiger partial charge on any atom is 0.341 e. The van der Waals surface area contributed by atoms with Crippen molar-refractivity contribution in [2.24, 2.45) is 0 Å². The number of anilines is 1. The number of hydrogen-bond donors (Lipinski definition) is 1. The van der Waals surface area contributed by atoms with Gasteiger partial charge in [-0.1, -0.05) is 30.3 Å². The summed E-state index contributed by atoms with van der Waals surface area (Å²) in [6, 6.07) is 14.6. The van der Waals surface area contributed by atoms with Crippen molar-refractivity contribution in [3.8, 4) is 0 Å². The van der Waals surface area contributed by atoms with E-state index >= 15 is 0 Å². The second-order valence-electron chi connectivity index (χ2n) is 4.73. The third kappa shape index (κ3) is 3.00. The van der Waals surface area contributed by atoms with Gasteiger partial charge in [0.15, 0.2) is 0 Å². The van der Waals surface area contributed by atoms with Crippen molar-refractivity contribution in [1.82, 2.24) is 0 Å². The van der Waals surface area contributed by atoms with Crippen molar-refractivity contribution in [3.05, 3.63) is 64.1 Å². The van der Waals surface area contributed by atoms with Gasteiger partial charge < -0.3 is 10.1 Å². The summed E-state index contributed by atoms with van der Waals surface area (Å²) in [5.74, 6) is -0.751. The highest BCUT2D eigenvalue weighted by Gasteiger charge is 2.21. The highest BCUT2D eigenvalue weighted by Crippen LogP contribution is 2.36. The van der Waals surface area contributed by atoms with Gasteiger partial charge in [-0.05, 0) is 34.1 Å². The summed E-state index contributed by atoms with van der Waals surface area (Å²) in [5.41, 5.74) is 0.884. The van der Waals surface area contributed by atoms with Crippen molar-refractivity contribution in [2.75, 3.05) is 12.4 Å². The smallest absolute Gasteiger partial charge is 0.341 e. The van der Waals surface area contributed by atoms with Gasteiger partial charge in [0.05, 0.1) is 12.7 Å². The molecule has 0 saturated carbocycles. The Hall–Kier alpha value is -2.18. The Bertz CT molecular complexity index is 904. The number of methoxy groups -OCH3 is 1. The molecular weight excluding hydrogens is 378 g/mol. The first kappa shape index (κ1) is 15.7. The van der Waals surface area contributed by atoms with Gasteiger partial charge in [-0.2, -0.15) is 0 Å². The van der Waals surface area contributed by atoms with Gasteiger partial charge in [0.2, 0.25) is 0 Å². The lowest BCUT2D eigenvalue weighted by Crippen LogP contribution is -2.14. The van der Waals surface area contributed by atoms with Gasteiger partial charge >= 0.3 is 5.97 Å². The van der Waals surface area contributed by atoms with E-state index in [9.17, 15) is 9.59 Å². The van der Waals surface area contributed by atoms with Gasteiger partial charge in [0.1, 0.15) is 10.6 Å². The number of hydrogen-bond acceptors (Lipinski definition) is 4. The maximum atomic E-state index is 12.5. The number of nitrogens with one attached hydrogen (secondary N) is 1. The van der Waals surface area contributed by atoms with Gasteiger partial charge in [-0.25, -0.2) is 4.79 Å². The molecule has 1 heterocycles. The number of ether oxygens (including phenoxy) is 1. The molecule has 0 aliphatic carbocycles. The molecule has 116 valence electrons. The zero-order valence-corrected chi connectivity index (χ0v) is 14.5. The van der Waals surface area contributed by atoms with Crippen molar-refractivity contribution in [2.45, 2.75) is 0 Å². The Balaban J connectivity index is 2.04. The van der Waals surface area contributed by atoms with E-state index in [2.05, 4.69) is 21.2 Å². The van der Waals surface area contributed by atoms with E-state index in [0.29, 0.717) is 20.6 Å². The molecule has 4 nitrogen and oxygen atoms in total. The van der Waals surface area contributed by atoms with Crippen molar-refractivity contribution >= 4 is 54.2 Å². The quantitative estimate of drug-likeness (QED) is 0.660. The van der Waals surface area contributed by atoms with Gasteiger partial charge in [0, 0.05) is 14.6 Å². The molecule has 0 aliphatic rings. The summed E-state index contributed by atoms with van der Waals surface area (Å²) in [6.07, 6.45) is 0. The van der Waals surface area contributed by atoms with Crippen LogP contribution in [0, 0.1) is 0 Å². The lowest BCUT2D eigenvalue weighted by molar-refractivity contribution is 0.0604. The molecule has 0 unspecified atom stereocenters. The van der Waals surface area contributed by atoms with Crippen molar-refractivity contribution in [1.29, 1.82) is 0 Å². The average molecular weight is 390 g/mol. The molecule has 3 rings (SSSR count). The van der Waals surface area contributed by atoms with Gasteiger partial charge in [-0.3, -0.25) is 4.79 Å². The molecule has 0 atom stereocenters. The molecule has 6 heteroatoms.